The van der Waals surface area contributed by atoms with Gasteiger partial charge in [-0.2, -0.15) is 0 Å². The van der Waals surface area contributed by atoms with Crippen LogP contribution in [0.25, 0.3) is 0 Å². The zero-order valence-electron chi connectivity index (χ0n) is 13.2. The predicted molar refractivity (Wildman–Crippen MR) is 83.4 cm³/mol. The molecule has 0 aromatic heterocycles. The first-order valence-electron chi connectivity index (χ1n) is 7.93. The monoisotopic (exact) mass is 291 g/mol. The van der Waals surface area contributed by atoms with Gasteiger partial charge < -0.3 is 15.0 Å². The zero-order valence-corrected chi connectivity index (χ0v) is 13.2. The summed E-state index contributed by atoms with van der Waals surface area (Å²) in [6.45, 7) is 9.92. The van der Waals surface area contributed by atoms with E-state index >= 15 is 0 Å². The van der Waals surface area contributed by atoms with Gasteiger partial charge in [-0.15, -0.1) is 0 Å². The fraction of sp³-hybridized carbons (Fsp3) is 0.588. The third kappa shape index (κ3) is 5.48. The van der Waals surface area contributed by atoms with Crippen molar-refractivity contribution in [3.05, 3.63) is 35.4 Å². The van der Waals surface area contributed by atoms with Crippen molar-refractivity contribution in [2.45, 2.75) is 26.8 Å². The molecule has 2 N–H and O–H groups in total. The van der Waals surface area contributed by atoms with E-state index in [1.807, 2.05) is 12.1 Å². The molecule has 1 saturated heterocycles. The molecule has 0 saturated carbocycles. The van der Waals surface area contributed by atoms with E-state index in [0.717, 1.165) is 51.4 Å². The van der Waals surface area contributed by atoms with Crippen molar-refractivity contribution in [2.75, 3.05) is 32.8 Å². The van der Waals surface area contributed by atoms with Crippen molar-refractivity contribution >= 4 is 5.91 Å². The number of nitrogens with one attached hydrogen (secondary N) is 2. The van der Waals surface area contributed by atoms with E-state index in [1.54, 1.807) is 4.90 Å². The van der Waals surface area contributed by atoms with Crippen LogP contribution in [0.4, 0.5) is 0 Å². The zero-order chi connectivity index (χ0) is 15.1. The first-order valence-corrected chi connectivity index (χ1v) is 7.93. The van der Waals surface area contributed by atoms with Crippen molar-refractivity contribution < 1.29 is 14.4 Å². The molecule has 1 heterocycles. The van der Waals surface area contributed by atoms with Gasteiger partial charge in [0.2, 0.25) is 0 Å². The molecule has 1 aromatic carbocycles. The lowest BCUT2D eigenvalue weighted by Gasteiger charge is -2.23. The van der Waals surface area contributed by atoms with E-state index in [0.29, 0.717) is 5.92 Å². The van der Waals surface area contributed by atoms with Crippen LogP contribution >= 0.6 is 0 Å². The van der Waals surface area contributed by atoms with Crippen LogP contribution in [0.3, 0.4) is 0 Å². The Bertz CT molecular complexity index is 437. The van der Waals surface area contributed by atoms with Crippen LogP contribution in [0, 0.1) is 5.92 Å². The second-order valence-corrected chi connectivity index (χ2v) is 6.17. The molecule has 4 heteroatoms. The highest BCUT2D eigenvalue weighted by molar-refractivity contribution is 5.94. The Labute approximate surface area is 127 Å². The molecule has 1 fully saturated rings. The minimum atomic E-state index is 0.0286. The highest BCUT2D eigenvalue weighted by Crippen LogP contribution is 2.04. The first-order chi connectivity index (χ1) is 10.1. The number of hydrogen-bond donors (Lipinski definition) is 2. The third-order valence-corrected chi connectivity index (χ3v) is 3.88. The normalized spacial score (nSPS) is 16.1. The van der Waals surface area contributed by atoms with Gasteiger partial charge in [0.25, 0.3) is 5.91 Å². The average Bonchev–Trinajstić information content (AvgIpc) is 2.48. The summed E-state index contributed by atoms with van der Waals surface area (Å²) < 4.78 is 5.37. The Morgan fingerprint density at radius 2 is 1.90 bits per heavy atom. The highest BCUT2D eigenvalue weighted by Gasteiger charge is 2.14. The van der Waals surface area contributed by atoms with Crippen LogP contribution in [-0.4, -0.2) is 38.8 Å². The van der Waals surface area contributed by atoms with E-state index < -0.39 is 0 Å². The Kier molecular flexibility index (Phi) is 6.21. The molecule has 0 radical (unpaired) electrons. The second-order valence-electron chi connectivity index (χ2n) is 6.17. The molecular weight excluding hydrogens is 264 g/mol. The lowest BCUT2D eigenvalue weighted by Crippen LogP contribution is -3.12. The van der Waals surface area contributed by atoms with Gasteiger partial charge in [0.05, 0.1) is 13.2 Å². The quantitative estimate of drug-likeness (QED) is 0.817. The van der Waals surface area contributed by atoms with Crippen LogP contribution in [0.2, 0.25) is 0 Å². The van der Waals surface area contributed by atoms with Crippen molar-refractivity contribution in [1.29, 1.82) is 0 Å². The summed E-state index contributed by atoms with van der Waals surface area (Å²) in [6, 6.07) is 8.00. The van der Waals surface area contributed by atoms with Crippen LogP contribution in [-0.2, 0) is 11.3 Å². The molecule has 0 bridgehead atoms. The minimum absolute atomic E-state index is 0.0286. The summed E-state index contributed by atoms with van der Waals surface area (Å²) in [7, 11) is 0. The molecule has 1 aliphatic rings. The summed E-state index contributed by atoms with van der Waals surface area (Å²) in [4.78, 5) is 13.5. The summed E-state index contributed by atoms with van der Waals surface area (Å²) in [5, 5.41) is 2.97. The lowest BCUT2D eigenvalue weighted by molar-refractivity contribution is -0.921. The van der Waals surface area contributed by atoms with Crippen LogP contribution in [0.5, 0.6) is 0 Å². The maximum absolute atomic E-state index is 12.0. The van der Waals surface area contributed by atoms with E-state index in [2.05, 4.69) is 31.3 Å². The molecule has 2 rings (SSSR count). The summed E-state index contributed by atoms with van der Waals surface area (Å²) in [5.74, 6) is 0.644. The predicted octanol–water partition coefficient (Wildman–Crippen LogP) is 0.878. The molecule has 4 nitrogen and oxygen atoms in total. The molecule has 21 heavy (non-hydrogen) atoms. The average molecular weight is 291 g/mol. The van der Waals surface area contributed by atoms with E-state index in [9.17, 15) is 4.79 Å². The molecule has 116 valence electrons. The summed E-state index contributed by atoms with van der Waals surface area (Å²) >= 11 is 0. The minimum Gasteiger partial charge on any atom is -0.370 e. The number of hydrogen-bond acceptors (Lipinski definition) is 2. The van der Waals surface area contributed by atoms with E-state index in [-0.39, 0.29) is 5.91 Å². The van der Waals surface area contributed by atoms with E-state index in [4.69, 9.17) is 4.74 Å². The Morgan fingerprint density at radius 3 is 2.52 bits per heavy atom. The SMILES string of the molecule is CC(C)CCNC(=O)c1ccc(C[NH+]2CCOCC2)cc1. The van der Waals surface area contributed by atoms with Crippen LogP contribution in [0.15, 0.2) is 24.3 Å². The van der Waals surface area contributed by atoms with Gasteiger partial charge in [-0.25, -0.2) is 0 Å². The number of morpholine rings is 1. The van der Waals surface area contributed by atoms with Gasteiger partial charge in [0.1, 0.15) is 19.6 Å². The Morgan fingerprint density at radius 1 is 1.24 bits per heavy atom. The number of carbonyl (C=O) groups excluding carboxylic acids is 1. The molecule has 0 unspecified atom stereocenters. The largest absolute Gasteiger partial charge is 0.370 e. The second kappa shape index (κ2) is 8.15. The summed E-state index contributed by atoms with van der Waals surface area (Å²) in [5.41, 5.74) is 2.03. The van der Waals surface area contributed by atoms with Gasteiger partial charge in [-0.1, -0.05) is 26.0 Å². The molecule has 1 aromatic rings. The van der Waals surface area contributed by atoms with Crippen LogP contribution < -0.4 is 10.2 Å². The maximum atomic E-state index is 12.0. The fourth-order valence-corrected chi connectivity index (χ4v) is 2.48. The van der Waals surface area contributed by atoms with Gasteiger partial charge in [-0.05, 0) is 24.5 Å². The number of carbonyl (C=O) groups is 1. The number of benzene rings is 1. The molecular formula is C17H27N2O2+. The number of amides is 1. The number of ether oxygens (including phenoxy) is 1. The van der Waals surface area contributed by atoms with Gasteiger partial charge >= 0.3 is 0 Å². The number of rotatable bonds is 6. The fourth-order valence-electron chi connectivity index (χ4n) is 2.48. The van der Waals surface area contributed by atoms with Gasteiger partial charge in [0.15, 0.2) is 0 Å². The van der Waals surface area contributed by atoms with Crippen LogP contribution in [0.1, 0.15) is 36.2 Å². The Hall–Kier alpha value is -1.39. The molecule has 0 atom stereocenters. The number of quaternary nitrogens is 1. The van der Waals surface area contributed by atoms with E-state index in [1.165, 1.54) is 5.56 Å². The van der Waals surface area contributed by atoms with Crippen molar-refractivity contribution in [2.24, 2.45) is 5.92 Å². The van der Waals surface area contributed by atoms with Crippen molar-refractivity contribution in [1.82, 2.24) is 5.32 Å². The topological polar surface area (TPSA) is 42.8 Å². The maximum Gasteiger partial charge on any atom is 0.251 e. The van der Waals surface area contributed by atoms with Crippen molar-refractivity contribution in [3.8, 4) is 0 Å². The molecule has 1 amide bonds. The van der Waals surface area contributed by atoms with Crippen molar-refractivity contribution in [3.63, 3.8) is 0 Å². The van der Waals surface area contributed by atoms with Gasteiger partial charge in [0, 0.05) is 17.7 Å². The lowest BCUT2D eigenvalue weighted by atomic mass is 10.1. The highest BCUT2D eigenvalue weighted by atomic mass is 16.5. The third-order valence-electron chi connectivity index (χ3n) is 3.88. The Balaban J connectivity index is 1.81. The molecule has 0 aliphatic carbocycles. The molecule has 1 aliphatic heterocycles. The smallest absolute Gasteiger partial charge is 0.251 e. The molecule has 0 spiro atoms. The summed E-state index contributed by atoms with van der Waals surface area (Å²) in [6.07, 6.45) is 1.02. The first kappa shape index (κ1) is 16.0. The standard InChI is InChI=1S/C17H26N2O2/c1-14(2)7-8-18-17(20)16-5-3-15(4-6-16)13-19-9-11-21-12-10-19/h3-6,14H,7-13H2,1-2H3,(H,18,20)/p+1. The van der Waals surface area contributed by atoms with Gasteiger partial charge in [-0.3, -0.25) is 4.79 Å².